The van der Waals surface area contributed by atoms with Gasteiger partial charge >= 0.3 is 0 Å². The number of benzene rings is 1. The molecule has 2 nitrogen and oxygen atoms in total. The molecule has 0 aliphatic heterocycles. The molecule has 0 fully saturated rings. The minimum absolute atomic E-state index is 0.391. The highest BCUT2D eigenvalue weighted by atomic mass is 19.2. The fourth-order valence-corrected chi connectivity index (χ4v) is 0.752. The number of hydrogen-bond donors (Lipinski definition) is 2. The van der Waals surface area contributed by atoms with Crippen molar-refractivity contribution in [2.75, 3.05) is 0 Å². The standard InChI is InChI=1S/C7H5F3N2/c8-3-1-4(7(11)12)6(10)5(9)2-3/h1-2H,(H3,11,12). The zero-order valence-electron chi connectivity index (χ0n) is 5.87. The van der Waals surface area contributed by atoms with E-state index in [-0.39, 0.29) is 0 Å². The van der Waals surface area contributed by atoms with Crippen molar-refractivity contribution in [1.29, 1.82) is 5.41 Å². The van der Waals surface area contributed by atoms with E-state index in [1.54, 1.807) is 0 Å². The molecule has 1 rings (SSSR count). The van der Waals surface area contributed by atoms with Crippen LogP contribution in [0, 0.1) is 22.9 Å². The molecule has 64 valence electrons. The van der Waals surface area contributed by atoms with Crippen LogP contribution in [-0.4, -0.2) is 5.84 Å². The summed E-state index contributed by atoms with van der Waals surface area (Å²) in [5.74, 6) is -4.31. The average Bonchev–Trinajstić information content (AvgIpc) is 1.96. The summed E-state index contributed by atoms with van der Waals surface area (Å²) in [4.78, 5) is 0. The molecule has 1 aromatic carbocycles. The monoisotopic (exact) mass is 174 g/mol. The Morgan fingerprint density at radius 3 is 2.33 bits per heavy atom. The van der Waals surface area contributed by atoms with Gasteiger partial charge in [0.25, 0.3) is 0 Å². The van der Waals surface area contributed by atoms with E-state index in [4.69, 9.17) is 11.1 Å². The summed E-state index contributed by atoms with van der Waals surface area (Å²) in [6.07, 6.45) is 0. The van der Waals surface area contributed by atoms with Gasteiger partial charge < -0.3 is 5.73 Å². The van der Waals surface area contributed by atoms with Gasteiger partial charge in [0.05, 0.1) is 5.56 Å². The summed E-state index contributed by atoms with van der Waals surface area (Å²) in [6, 6.07) is 1.06. The normalized spacial score (nSPS) is 9.92. The van der Waals surface area contributed by atoms with Crippen LogP contribution >= 0.6 is 0 Å². The summed E-state index contributed by atoms with van der Waals surface area (Å²) < 4.78 is 37.5. The predicted molar refractivity (Wildman–Crippen MR) is 37.3 cm³/mol. The second kappa shape index (κ2) is 2.84. The van der Waals surface area contributed by atoms with Crippen LogP contribution in [0.2, 0.25) is 0 Å². The Bertz CT molecular complexity index is 336. The molecule has 12 heavy (non-hydrogen) atoms. The molecule has 0 saturated carbocycles. The van der Waals surface area contributed by atoms with Crippen LogP contribution in [0.1, 0.15) is 5.56 Å². The van der Waals surface area contributed by atoms with Crippen molar-refractivity contribution in [2.24, 2.45) is 5.73 Å². The number of halogens is 3. The van der Waals surface area contributed by atoms with E-state index >= 15 is 0 Å². The van der Waals surface area contributed by atoms with E-state index in [0.29, 0.717) is 12.1 Å². The van der Waals surface area contributed by atoms with Crippen LogP contribution in [0.25, 0.3) is 0 Å². The van der Waals surface area contributed by atoms with Gasteiger partial charge in [-0.05, 0) is 6.07 Å². The van der Waals surface area contributed by atoms with Crippen LogP contribution in [0.5, 0.6) is 0 Å². The van der Waals surface area contributed by atoms with E-state index in [2.05, 4.69) is 0 Å². The molecule has 1 aromatic rings. The Kier molecular flexibility index (Phi) is 2.03. The average molecular weight is 174 g/mol. The van der Waals surface area contributed by atoms with Crippen molar-refractivity contribution in [1.82, 2.24) is 0 Å². The Morgan fingerprint density at radius 2 is 1.83 bits per heavy atom. The van der Waals surface area contributed by atoms with E-state index in [1.165, 1.54) is 0 Å². The fraction of sp³-hybridized carbons (Fsp3) is 0. The van der Waals surface area contributed by atoms with Crippen molar-refractivity contribution in [2.45, 2.75) is 0 Å². The van der Waals surface area contributed by atoms with Gasteiger partial charge in [0, 0.05) is 6.07 Å². The van der Waals surface area contributed by atoms with E-state index in [9.17, 15) is 13.2 Å². The third-order valence-corrected chi connectivity index (χ3v) is 1.28. The minimum atomic E-state index is -1.35. The van der Waals surface area contributed by atoms with Crippen molar-refractivity contribution in [3.05, 3.63) is 35.1 Å². The zero-order valence-corrected chi connectivity index (χ0v) is 5.87. The highest BCUT2D eigenvalue weighted by Crippen LogP contribution is 2.13. The molecule has 0 saturated heterocycles. The lowest BCUT2D eigenvalue weighted by atomic mass is 10.2. The lowest BCUT2D eigenvalue weighted by Crippen LogP contribution is -2.14. The molecule has 0 aromatic heterocycles. The minimum Gasteiger partial charge on any atom is -0.384 e. The smallest absolute Gasteiger partial charge is 0.169 e. The van der Waals surface area contributed by atoms with Gasteiger partial charge in [-0.25, -0.2) is 13.2 Å². The number of hydrogen-bond acceptors (Lipinski definition) is 1. The third kappa shape index (κ3) is 1.39. The molecule has 0 spiro atoms. The Labute approximate surface area is 66.3 Å². The van der Waals surface area contributed by atoms with Gasteiger partial charge in [-0.3, -0.25) is 5.41 Å². The van der Waals surface area contributed by atoms with Crippen molar-refractivity contribution in [3.63, 3.8) is 0 Å². The van der Waals surface area contributed by atoms with E-state index in [0.717, 1.165) is 0 Å². The van der Waals surface area contributed by atoms with Crippen LogP contribution < -0.4 is 5.73 Å². The predicted octanol–water partition coefficient (Wildman–Crippen LogP) is 1.39. The van der Waals surface area contributed by atoms with Gasteiger partial charge in [0.2, 0.25) is 0 Å². The summed E-state index contributed by atoms with van der Waals surface area (Å²) >= 11 is 0. The highest BCUT2D eigenvalue weighted by Gasteiger charge is 2.12. The largest absolute Gasteiger partial charge is 0.384 e. The maximum Gasteiger partial charge on any atom is 0.169 e. The number of nitrogens with two attached hydrogens (primary N) is 1. The summed E-state index contributed by atoms with van der Waals surface area (Å²) in [5, 5.41) is 6.77. The van der Waals surface area contributed by atoms with E-state index < -0.39 is 28.9 Å². The fourth-order valence-electron chi connectivity index (χ4n) is 0.752. The highest BCUT2D eigenvalue weighted by molar-refractivity contribution is 5.95. The molecule has 0 atom stereocenters. The Hall–Kier alpha value is -1.52. The van der Waals surface area contributed by atoms with Gasteiger partial charge in [-0.1, -0.05) is 0 Å². The third-order valence-electron chi connectivity index (χ3n) is 1.28. The maximum absolute atomic E-state index is 12.7. The number of nitrogens with one attached hydrogen (secondary N) is 1. The zero-order chi connectivity index (χ0) is 9.30. The molecule has 0 heterocycles. The van der Waals surface area contributed by atoms with Crippen molar-refractivity contribution in [3.8, 4) is 0 Å². The molecule has 0 radical (unpaired) electrons. The first-order valence-electron chi connectivity index (χ1n) is 3.01. The van der Waals surface area contributed by atoms with Gasteiger partial charge in [0.1, 0.15) is 11.7 Å². The van der Waals surface area contributed by atoms with Crippen LogP contribution in [-0.2, 0) is 0 Å². The summed E-state index contributed by atoms with van der Waals surface area (Å²) in [6.45, 7) is 0. The first-order chi connectivity index (χ1) is 5.52. The number of rotatable bonds is 1. The molecular weight excluding hydrogens is 169 g/mol. The van der Waals surface area contributed by atoms with Crippen LogP contribution in [0.15, 0.2) is 12.1 Å². The van der Waals surface area contributed by atoms with Gasteiger partial charge in [0.15, 0.2) is 11.6 Å². The lowest BCUT2D eigenvalue weighted by Gasteiger charge is -2.00. The SMILES string of the molecule is N=C(N)c1cc(F)cc(F)c1F. The molecule has 5 heteroatoms. The first-order valence-corrected chi connectivity index (χ1v) is 3.01. The second-order valence-corrected chi connectivity index (χ2v) is 2.16. The van der Waals surface area contributed by atoms with Gasteiger partial charge in [-0.2, -0.15) is 0 Å². The molecule has 3 N–H and O–H groups in total. The number of amidine groups is 1. The topological polar surface area (TPSA) is 49.9 Å². The number of nitrogen functional groups attached to an aromatic ring is 1. The van der Waals surface area contributed by atoms with Crippen molar-refractivity contribution < 1.29 is 13.2 Å². The molecular formula is C7H5F3N2. The molecule has 0 aliphatic rings. The molecule has 0 unspecified atom stereocenters. The molecule has 0 amide bonds. The quantitative estimate of drug-likeness (QED) is 0.377. The molecule has 0 aliphatic carbocycles. The van der Waals surface area contributed by atoms with Crippen LogP contribution in [0.4, 0.5) is 13.2 Å². The lowest BCUT2D eigenvalue weighted by molar-refractivity contribution is 0.493. The van der Waals surface area contributed by atoms with E-state index in [1.807, 2.05) is 0 Å². The van der Waals surface area contributed by atoms with Crippen molar-refractivity contribution >= 4 is 5.84 Å². The second-order valence-electron chi connectivity index (χ2n) is 2.16. The first kappa shape index (κ1) is 8.58. The Morgan fingerprint density at radius 1 is 1.25 bits per heavy atom. The maximum atomic E-state index is 12.7. The Balaban J connectivity index is 3.37. The summed E-state index contributed by atoms with van der Waals surface area (Å²) in [5.41, 5.74) is 4.30. The summed E-state index contributed by atoms with van der Waals surface area (Å²) in [7, 11) is 0. The molecule has 0 bridgehead atoms. The van der Waals surface area contributed by atoms with Crippen LogP contribution in [0.3, 0.4) is 0 Å². The van der Waals surface area contributed by atoms with Gasteiger partial charge in [-0.15, -0.1) is 0 Å².